The number of rotatable bonds is 4. The van der Waals surface area contributed by atoms with Gasteiger partial charge in [0.1, 0.15) is 19.5 Å². The molecule has 1 unspecified atom stereocenters. The smallest absolute Gasteiger partial charge is 0.261 e. The van der Waals surface area contributed by atoms with E-state index in [0.717, 1.165) is 68.4 Å². The van der Waals surface area contributed by atoms with Crippen LogP contribution >= 0.6 is 0 Å². The molecule has 0 spiro atoms. The number of benzene rings is 2. The SMILES string of the molecule is O=C(c1ccoc1)N1c2ccccc2CCC1CN1CCN(c2cccc3c2OCCO3)CC1. The van der Waals surface area contributed by atoms with Crippen LogP contribution in [-0.2, 0) is 6.42 Å². The number of amides is 1. The number of carbonyl (C=O) groups is 1. The van der Waals surface area contributed by atoms with Crippen LogP contribution in [-0.4, -0.2) is 62.8 Å². The molecule has 3 aliphatic rings. The molecular weight excluding hydrogens is 430 g/mol. The Hall–Kier alpha value is -3.45. The maximum atomic E-state index is 13.5. The lowest BCUT2D eigenvalue weighted by Gasteiger charge is -2.42. The number of furan rings is 1. The molecule has 4 heterocycles. The normalized spacial score (nSPS) is 20.2. The lowest BCUT2D eigenvalue weighted by atomic mass is 9.94. The lowest BCUT2D eigenvalue weighted by Crippen LogP contribution is -2.54. The predicted molar refractivity (Wildman–Crippen MR) is 130 cm³/mol. The number of aryl methyl sites for hydroxylation is 1. The molecule has 1 aromatic heterocycles. The van der Waals surface area contributed by atoms with E-state index in [2.05, 4.69) is 34.1 Å². The molecular formula is C27H29N3O4. The summed E-state index contributed by atoms with van der Waals surface area (Å²) in [5.74, 6) is 1.71. The monoisotopic (exact) mass is 459 g/mol. The zero-order valence-corrected chi connectivity index (χ0v) is 19.2. The average molecular weight is 460 g/mol. The minimum absolute atomic E-state index is 0.0117. The third kappa shape index (κ3) is 3.90. The van der Waals surface area contributed by atoms with Gasteiger partial charge in [0.2, 0.25) is 0 Å². The number of ether oxygens (including phenoxy) is 2. The second-order valence-electron chi connectivity index (χ2n) is 9.10. The number of para-hydroxylation sites is 2. The van der Waals surface area contributed by atoms with E-state index in [1.54, 1.807) is 18.6 Å². The largest absolute Gasteiger partial charge is 0.486 e. The van der Waals surface area contributed by atoms with E-state index >= 15 is 0 Å². The van der Waals surface area contributed by atoms with Gasteiger partial charge < -0.3 is 23.7 Å². The zero-order valence-electron chi connectivity index (χ0n) is 19.2. The van der Waals surface area contributed by atoms with Crippen molar-refractivity contribution in [3.8, 4) is 11.5 Å². The molecule has 176 valence electrons. The summed E-state index contributed by atoms with van der Waals surface area (Å²) >= 11 is 0. The molecule has 3 aromatic rings. The summed E-state index contributed by atoms with van der Waals surface area (Å²) in [5.41, 5.74) is 3.97. The van der Waals surface area contributed by atoms with E-state index < -0.39 is 0 Å². The van der Waals surface area contributed by atoms with Crippen LogP contribution in [0.4, 0.5) is 11.4 Å². The Morgan fingerprint density at radius 2 is 1.74 bits per heavy atom. The third-order valence-corrected chi connectivity index (χ3v) is 7.08. The Morgan fingerprint density at radius 1 is 0.912 bits per heavy atom. The van der Waals surface area contributed by atoms with Crippen molar-refractivity contribution in [2.75, 3.05) is 55.7 Å². The minimum atomic E-state index is 0.0117. The molecule has 1 atom stereocenters. The van der Waals surface area contributed by atoms with Gasteiger partial charge in [0, 0.05) is 38.4 Å². The molecule has 1 saturated heterocycles. The number of piperazine rings is 1. The standard InChI is InChI=1S/C27H29N3O4/c31-27(21-10-15-32-19-21)30-22(9-8-20-4-1-2-5-23(20)30)18-28-11-13-29(14-12-28)24-6-3-7-25-26(24)34-17-16-33-25/h1-7,10,15,19,22H,8-9,11-14,16-18H2. The summed E-state index contributed by atoms with van der Waals surface area (Å²) in [6.45, 7) is 5.76. The maximum absolute atomic E-state index is 13.5. The Bertz CT molecular complexity index is 1150. The molecule has 34 heavy (non-hydrogen) atoms. The van der Waals surface area contributed by atoms with Crippen LogP contribution in [0.25, 0.3) is 0 Å². The first-order valence-electron chi connectivity index (χ1n) is 12.1. The van der Waals surface area contributed by atoms with Crippen LogP contribution in [0, 0.1) is 0 Å². The highest BCUT2D eigenvalue weighted by molar-refractivity contribution is 6.07. The number of carbonyl (C=O) groups excluding carboxylic acids is 1. The van der Waals surface area contributed by atoms with E-state index in [9.17, 15) is 4.79 Å². The summed E-state index contributed by atoms with van der Waals surface area (Å²) in [7, 11) is 0. The van der Waals surface area contributed by atoms with Crippen molar-refractivity contribution in [1.82, 2.24) is 4.90 Å². The van der Waals surface area contributed by atoms with Gasteiger partial charge in [0.05, 0.1) is 23.6 Å². The number of hydrogen-bond acceptors (Lipinski definition) is 6. The maximum Gasteiger partial charge on any atom is 0.261 e. The molecule has 0 aliphatic carbocycles. The quantitative estimate of drug-likeness (QED) is 0.591. The van der Waals surface area contributed by atoms with Crippen molar-refractivity contribution in [2.45, 2.75) is 18.9 Å². The Labute approximate surface area is 199 Å². The molecule has 7 nitrogen and oxygen atoms in total. The molecule has 1 fully saturated rings. The average Bonchev–Trinajstić information content (AvgIpc) is 3.44. The van der Waals surface area contributed by atoms with Crippen LogP contribution in [0.1, 0.15) is 22.3 Å². The van der Waals surface area contributed by atoms with Gasteiger partial charge in [-0.3, -0.25) is 9.69 Å². The number of fused-ring (bicyclic) bond motifs is 2. The van der Waals surface area contributed by atoms with Gasteiger partial charge in [0.15, 0.2) is 11.5 Å². The van der Waals surface area contributed by atoms with E-state index in [4.69, 9.17) is 13.9 Å². The Balaban J connectivity index is 1.17. The van der Waals surface area contributed by atoms with Crippen molar-refractivity contribution in [1.29, 1.82) is 0 Å². The van der Waals surface area contributed by atoms with Crippen LogP contribution < -0.4 is 19.3 Å². The van der Waals surface area contributed by atoms with Gasteiger partial charge in [-0.1, -0.05) is 24.3 Å². The van der Waals surface area contributed by atoms with Crippen molar-refractivity contribution in [3.63, 3.8) is 0 Å². The zero-order chi connectivity index (χ0) is 22.9. The predicted octanol–water partition coefficient (Wildman–Crippen LogP) is 3.83. The topological polar surface area (TPSA) is 58.4 Å². The molecule has 1 amide bonds. The summed E-state index contributed by atoms with van der Waals surface area (Å²) in [5, 5.41) is 0. The number of anilines is 2. The molecule has 2 aromatic carbocycles. The molecule has 6 rings (SSSR count). The summed E-state index contributed by atoms with van der Waals surface area (Å²) < 4.78 is 16.9. The van der Waals surface area contributed by atoms with E-state index in [-0.39, 0.29) is 11.9 Å². The number of nitrogens with zero attached hydrogens (tertiary/aromatic N) is 3. The van der Waals surface area contributed by atoms with Crippen molar-refractivity contribution < 1.29 is 18.7 Å². The Kier molecular flexibility index (Phi) is 5.63. The van der Waals surface area contributed by atoms with Gasteiger partial charge in [0.25, 0.3) is 5.91 Å². The fraction of sp³-hybridized carbons (Fsp3) is 0.370. The first-order valence-corrected chi connectivity index (χ1v) is 12.1. The molecule has 0 saturated carbocycles. The fourth-order valence-corrected chi connectivity index (χ4v) is 5.36. The van der Waals surface area contributed by atoms with Crippen molar-refractivity contribution >= 4 is 17.3 Å². The summed E-state index contributed by atoms with van der Waals surface area (Å²) in [6, 6.07) is 16.3. The van der Waals surface area contributed by atoms with Gasteiger partial charge in [-0.2, -0.15) is 0 Å². The van der Waals surface area contributed by atoms with Crippen molar-refractivity contribution in [3.05, 3.63) is 72.2 Å². The van der Waals surface area contributed by atoms with Gasteiger partial charge in [-0.05, 0) is 42.7 Å². The van der Waals surface area contributed by atoms with Crippen LogP contribution in [0.2, 0.25) is 0 Å². The van der Waals surface area contributed by atoms with E-state index in [1.807, 2.05) is 23.1 Å². The molecule has 3 aliphatic heterocycles. The van der Waals surface area contributed by atoms with E-state index in [1.165, 1.54) is 5.56 Å². The molecule has 0 bridgehead atoms. The second kappa shape index (κ2) is 9.06. The first kappa shape index (κ1) is 21.1. The van der Waals surface area contributed by atoms with E-state index in [0.29, 0.717) is 18.8 Å². The third-order valence-electron chi connectivity index (χ3n) is 7.08. The highest BCUT2D eigenvalue weighted by Crippen LogP contribution is 2.40. The van der Waals surface area contributed by atoms with Crippen LogP contribution in [0.5, 0.6) is 11.5 Å². The highest BCUT2D eigenvalue weighted by atomic mass is 16.6. The van der Waals surface area contributed by atoms with Crippen LogP contribution in [0.15, 0.2) is 65.5 Å². The highest BCUT2D eigenvalue weighted by Gasteiger charge is 2.34. The van der Waals surface area contributed by atoms with Gasteiger partial charge >= 0.3 is 0 Å². The number of hydrogen-bond donors (Lipinski definition) is 0. The Morgan fingerprint density at radius 3 is 2.59 bits per heavy atom. The second-order valence-corrected chi connectivity index (χ2v) is 9.10. The molecule has 0 radical (unpaired) electrons. The van der Waals surface area contributed by atoms with Gasteiger partial charge in [-0.25, -0.2) is 0 Å². The fourth-order valence-electron chi connectivity index (χ4n) is 5.36. The summed E-state index contributed by atoms with van der Waals surface area (Å²) in [4.78, 5) is 20.3. The minimum Gasteiger partial charge on any atom is -0.486 e. The van der Waals surface area contributed by atoms with Crippen molar-refractivity contribution in [2.24, 2.45) is 0 Å². The summed E-state index contributed by atoms with van der Waals surface area (Å²) in [6.07, 6.45) is 5.05. The molecule has 0 N–H and O–H groups in total. The lowest BCUT2D eigenvalue weighted by molar-refractivity contribution is 0.0962. The first-order chi connectivity index (χ1) is 16.8. The molecule has 7 heteroatoms. The van der Waals surface area contributed by atoms with Crippen LogP contribution in [0.3, 0.4) is 0 Å². The van der Waals surface area contributed by atoms with Gasteiger partial charge in [-0.15, -0.1) is 0 Å².